The van der Waals surface area contributed by atoms with Gasteiger partial charge in [0.15, 0.2) is 5.96 Å². The number of guanidine groups is 1. The summed E-state index contributed by atoms with van der Waals surface area (Å²) in [7, 11) is 1.57. The molecule has 0 aromatic heterocycles. The smallest absolute Gasteiger partial charge is 0.345 e. The summed E-state index contributed by atoms with van der Waals surface area (Å²) in [6.45, 7) is -0.705. The maximum Gasteiger partial charge on any atom is 0.345 e. The fourth-order valence-electron chi connectivity index (χ4n) is 4.32. The molecule has 0 radical (unpaired) electrons. The number of nitrogens with two attached hydrogens (primary N) is 1. The van der Waals surface area contributed by atoms with Crippen molar-refractivity contribution in [3.8, 4) is 0 Å². The minimum Gasteiger partial charge on any atom is -0.369 e. The molecule has 1 unspecified atom stereocenters. The molecule has 1 spiro atoms. The number of rotatable bonds is 4. The van der Waals surface area contributed by atoms with E-state index in [1.54, 1.807) is 7.05 Å². The third-order valence-corrected chi connectivity index (χ3v) is 5.72. The summed E-state index contributed by atoms with van der Waals surface area (Å²) in [6.07, 6.45) is 3.70. The molecule has 2 N–H and O–H groups in total. The van der Waals surface area contributed by atoms with E-state index in [4.69, 9.17) is 15.5 Å². The van der Waals surface area contributed by atoms with Gasteiger partial charge in [0.1, 0.15) is 0 Å². The van der Waals surface area contributed by atoms with Crippen LogP contribution in [0.1, 0.15) is 48.4 Å². The fourth-order valence-corrected chi connectivity index (χ4v) is 4.32. The largest absolute Gasteiger partial charge is 0.369 e. The van der Waals surface area contributed by atoms with Crippen molar-refractivity contribution in [1.29, 1.82) is 0 Å². The van der Waals surface area contributed by atoms with E-state index in [2.05, 4.69) is 18.2 Å². The number of aliphatic imine (C=N–C) groups is 1. The Kier molecular flexibility index (Phi) is 5.27. The van der Waals surface area contributed by atoms with Gasteiger partial charge in [-0.25, -0.2) is 4.99 Å². The van der Waals surface area contributed by atoms with Gasteiger partial charge in [-0.05, 0) is 50.2 Å². The molecule has 1 amide bonds. The molecular weight excluding hydrogens is 340 g/mol. The number of amides is 1. The minimum absolute atomic E-state index is 0.160. The standard InChI is InChI=1S/C19H25F2N3O2/c1-12-3-4-13-10-19(7-5-14(6-8-19)26-17(20)21)16(15(13)9-12)23-18(22)24(2)11-25/h3-4,9,11,14,16-17H,5-8,10H2,1-2H3,(H2,22,23)/t14-,16?,19-. The van der Waals surface area contributed by atoms with Crippen LogP contribution in [0.2, 0.25) is 0 Å². The average molecular weight is 365 g/mol. The summed E-state index contributed by atoms with van der Waals surface area (Å²) in [4.78, 5) is 17.0. The number of benzene rings is 1. The van der Waals surface area contributed by atoms with E-state index in [-0.39, 0.29) is 17.4 Å². The van der Waals surface area contributed by atoms with E-state index in [1.807, 2.05) is 6.92 Å². The molecule has 26 heavy (non-hydrogen) atoms. The van der Waals surface area contributed by atoms with Gasteiger partial charge in [0, 0.05) is 12.5 Å². The zero-order chi connectivity index (χ0) is 18.9. The highest BCUT2D eigenvalue weighted by atomic mass is 19.3. The number of hydrogen-bond donors (Lipinski definition) is 1. The van der Waals surface area contributed by atoms with Crippen LogP contribution in [0.5, 0.6) is 0 Å². The van der Waals surface area contributed by atoms with E-state index < -0.39 is 12.7 Å². The Hall–Kier alpha value is -2.02. The Labute approximate surface area is 152 Å². The topological polar surface area (TPSA) is 67.9 Å². The Balaban J connectivity index is 1.91. The summed E-state index contributed by atoms with van der Waals surface area (Å²) >= 11 is 0. The molecule has 142 valence electrons. The maximum absolute atomic E-state index is 12.5. The summed E-state index contributed by atoms with van der Waals surface area (Å²) in [5.74, 6) is 0.171. The first-order valence-corrected chi connectivity index (χ1v) is 8.89. The van der Waals surface area contributed by atoms with Crippen molar-refractivity contribution in [2.24, 2.45) is 16.1 Å². The SMILES string of the molecule is Cc1ccc2c(c1)C(/N=C(/N)N(C)C=O)[C@]1(CC[C@H](OC(F)F)CC1)C2. The predicted octanol–water partition coefficient (Wildman–Crippen LogP) is 3.16. The molecule has 1 fully saturated rings. The minimum atomic E-state index is -2.73. The van der Waals surface area contributed by atoms with Crippen molar-refractivity contribution in [2.45, 2.75) is 57.8 Å². The third-order valence-electron chi connectivity index (χ3n) is 5.72. The quantitative estimate of drug-likeness (QED) is 0.506. The highest BCUT2D eigenvalue weighted by Crippen LogP contribution is 2.56. The molecule has 0 aliphatic heterocycles. The number of halogens is 2. The van der Waals surface area contributed by atoms with Gasteiger partial charge in [-0.3, -0.25) is 9.69 Å². The van der Waals surface area contributed by atoms with Crippen molar-refractivity contribution >= 4 is 12.4 Å². The fraction of sp³-hybridized carbons (Fsp3) is 0.579. The molecule has 1 aromatic rings. The predicted molar refractivity (Wildman–Crippen MR) is 94.9 cm³/mol. The second-order valence-electron chi connectivity index (χ2n) is 7.44. The van der Waals surface area contributed by atoms with Gasteiger partial charge in [-0.2, -0.15) is 8.78 Å². The van der Waals surface area contributed by atoms with Crippen LogP contribution in [0, 0.1) is 12.3 Å². The van der Waals surface area contributed by atoms with E-state index in [0.29, 0.717) is 19.3 Å². The van der Waals surface area contributed by atoms with Gasteiger partial charge < -0.3 is 10.5 Å². The molecule has 0 heterocycles. The van der Waals surface area contributed by atoms with Crippen LogP contribution < -0.4 is 5.73 Å². The summed E-state index contributed by atoms with van der Waals surface area (Å²) < 4.78 is 29.8. The number of nitrogens with zero attached hydrogens (tertiary/aromatic N) is 2. The Morgan fingerprint density at radius 1 is 1.42 bits per heavy atom. The van der Waals surface area contributed by atoms with Crippen LogP contribution in [0.15, 0.2) is 23.2 Å². The van der Waals surface area contributed by atoms with Crippen LogP contribution in [0.25, 0.3) is 0 Å². The zero-order valence-electron chi connectivity index (χ0n) is 15.1. The van der Waals surface area contributed by atoms with Gasteiger partial charge >= 0.3 is 6.61 Å². The van der Waals surface area contributed by atoms with E-state index in [0.717, 1.165) is 30.4 Å². The lowest BCUT2D eigenvalue weighted by molar-refractivity contribution is -0.175. The second kappa shape index (κ2) is 7.31. The molecule has 1 saturated carbocycles. The number of ether oxygens (including phenoxy) is 1. The monoisotopic (exact) mass is 365 g/mol. The molecule has 0 bridgehead atoms. The first kappa shape index (κ1) is 18.8. The van der Waals surface area contributed by atoms with Crippen LogP contribution >= 0.6 is 0 Å². The van der Waals surface area contributed by atoms with E-state index >= 15 is 0 Å². The van der Waals surface area contributed by atoms with E-state index in [1.165, 1.54) is 10.5 Å². The van der Waals surface area contributed by atoms with Crippen molar-refractivity contribution in [1.82, 2.24) is 4.90 Å². The highest BCUT2D eigenvalue weighted by molar-refractivity contribution is 5.87. The van der Waals surface area contributed by atoms with Gasteiger partial charge in [0.25, 0.3) is 0 Å². The first-order chi connectivity index (χ1) is 12.3. The molecule has 3 rings (SSSR count). The molecule has 0 saturated heterocycles. The van der Waals surface area contributed by atoms with E-state index in [9.17, 15) is 13.6 Å². The molecular formula is C19H25F2N3O2. The molecule has 1 atom stereocenters. The highest BCUT2D eigenvalue weighted by Gasteiger charge is 2.48. The number of fused-ring (bicyclic) bond motifs is 1. The number of carbonyl (C=O) groups excluding carboxylic acids is 1. The van der Waals surface area contributed by atoms with Crippen LogP contribution in [0.3, 0.4) is 0 Å². The first-order valence-electron chi connectivity index (χ1n) is 8.89. The van der Waals surface area contributed by atoms with Crippen LogP contribution in [-0.4, -0.2) is 37.0 Å². The number of aryl methyl sites for hydroxylation is 1. The molecule has 5 nitrogen and oxygen atoms in total. The lowest BCUT2D eigenvalue weighted by Crippen LogP contribution is -2.38. The van der Waals surface area contributed by atoms with Crippen LogP contribution in [-0.2, 0) is 16.0 Å². The van der Waals surface area contributed by atoms with Gasteiger partial charge in [0.05, 0.1) is 12.1 Å². The molecule has 2 aliphatic carbocycles. The number of hydrogen-bond acceptors (Lipinski definition) is 3. The van der Waals surface area contributed by atoms with Gasteiger partial charge in [-0.15, -0.1) is 0 Å². The molecule has 7 heteroatoms. The van der Waals surface area contributed by atoms with Crippen molar-refractivity contribution in [3.63, 3.8) is 0 Å². The summed E-state index contributed by atoms with van der Waals surface area (Å²) in [5, 5.41) is 0. The number of carbonyl (C=O) groups is 1. The Morgan fingerprint density at radius 2 is 2.12 bits per heavy atom. The number of alkyl halides is 2. The zero-order valence-corrected chi connectivity index (χ0v) is 15.1. The maximum atomic E-state index is 12.5. The van der Waals surface area contributed by atoms with Crippen molar-refractivity contribution in [3.05, 3.63) is 34.9 Å². The second-order valence-corrected chi connectivity index (χ2v) is 7.44. The van der Waals surface area contributed by atoms with Crippen molar-refractivity contribution < 1.29 is 18.3 Å². The van der Waals surface area contributed by atoms with Crippen molar-refractivity contribution in [2.75, 3.05) is 7.05 Å². The normalized spacial score (nSPS) is 28.4. The molecule has 1 aromatic carbocycles. The Bertz CT molecular complexity index is 700. The Morgan fingerprint density at radius 3 is 2.73 bits per heavy atom. The third kappa shape index (κ3) is 3.58. The van der Waals surface area contributed by atoms with Gasteiger partial charge in [0.2, 0.25) is 6.41 Å². The van der Waals surface area contributed by atoms with Crippen LogP contribution in [0.4, 0.5) is 8.78 Å². The lowest BCUT2D eigenvalue weighted by atomic mass is 9.68. The lowest BCUT2D eigenvalue weighted by Gasteiger charge is -2.40. The van der Waals surface area contributed by atoms with Gasteiger partial charge in [-0.1, -0.05) is 23.8 Å². The summed E-state index contributed by atoms with van der Waals surface area (Å²) in [6, 6.07) is 6.13. The average Bonchev–Trinajstić information content (AvgIpc) is 2.89. The molecule has 2 aliphatic rings. The summed E-state index contributed by atoms with van der Waals surface area (Å²) in [5.41, 5.74) is 9.33.